The molecule has 30 heavy (non-hydrogen) atoms. The molecule has 0 unspecified atom stereocenters. The van der Waals surface area contributed by atoms with Crippen LogP contribution in [0.4, 0.5) is 4.39 Å². The Balaban J connectivity index is 0.00000155. The zero-order valence-corrected chi connectivity index (χ0v) is 18.4. The lowest BCUT2D eigenvalue weighted by atomic mass is 10.1. The van der Waals surface area contributed by atoms with Crippen molar-refractivity contribution in [2.75, 3.05) is 27.7 Å². The number of hydrogen-bond donors (Lipinski definition) is 2. The average Bonchev–Trinajstić information content (AvgIpc) is 3.00. The largest absolute Gasteiger partial charge is 0.400 e. The van der Waals surface area contributed by atoms with Crippen LogP contribution < -0.4 is 5.73 Å². The molecule has 0 saturated heterocycles. The van der Waals surface area contributed by atoms with Gasteiger partial charge in [0.15, 0.2) is 6.29 Å². The third-order valence-electron chi connectivity index (χ3n) is 4.37. The SMILES string of the molecule is CO.Cc1c(-c2cccc(SN(C)C)c2)c2nc(C=O)ccc2n1C/C(F)=C/CN. The number of fused-ring (bicyclic) bond motifs is 1. The highest BCUT2D eigenvalue weighted by atomic mass is 32.2. The third kappa shape index (κ3) is 5.34. The minimum absolute atomic E-state index is 0.0772. The molecule has 0 aliphatic rings. The molecule has 8 heteroatoms. The molecule has 0 bridgehead atoms. The van der Waals surface area contributed by atoms with Gasteiger partial charge < -0.3 is 15.4 Å². The predicted molar refractivity (Wildman–Crippen MR) is 121 cm³/mol. The Bertz CT molecular complexity index is 1050. The molecule has 0 spiro atoms. The van der Waals surface area contributed by atoms with E-state index in [-0.39, 0.29) is 18.9 Å². The number of aldehydes is 1. The van der Waals surface area contributed by atoms with Gasteiger partial charge in [0.25, 0.3) is 0 Å². The van der Waals surface area contributed by atoms with Gasteiger partial charge in [-0.05, 0) is 68.9 Å². The number of nitrogens with zero attached hydrogens (tertiary/aromatic N) is 3. The van der Waals surface area contributed by atoms with Gasteiger partial charge in [0.1, 0.15) is 11.5 Å². The topological polar surface area (TPSA) is 84.4 Å². The maximum absolute atomic E-state index is 14.2. The molecular weight excluding hydrogens is 403 g/mol. The molecule has 0 aliphatic carbocycles. The van der Waals surface area contributed by atoms with Crippen LogP contribution in [0.15, 0.2) is 53.2 Å². The van der Waals surface area contributed by atoms with E-state index in [0.29, 0.717) is 11.2 Å². The summed E-state index contributed by atoms with van der Waals surface area (Å²) in [5, 5.41) is 7.00. The first kappa shape index (κ1) is 23.8. The Hall–Kier alpha value is -2.52. The minimum atomic E-state index is -0.301. The first-order chi connectivity index (χ1) is 14.4. The number of benzene rings is 1. The summed E-state index contributed by atoms with van der Waals surface area (Å²) in [6, 6.07) is 11.6. The molecule has 0 amide bonds. The Morgan fingerprint density at radius 1 is 1.30 bits per heavy atom. The van der Waals surface area contributed by atoms with Crippen LogP contribution in [0.5, 0.6) is 0 Å². The number of nitrogens with two attached hydrogens (primary N) is 1. The fraction of sp³-hybridized carbons (Fsp3) is 0.273. The van der Waals surface area contributed by atoms with Gasteiger partial charge in [-0.1, -0.05) is 12.1 Å². The number of carbonyl (C=O) groups excluding carboxylic acids is 1. The number of aliphatic hydroxyl groups is 1. The molecule has 2 heterocycles. The van der Waals surface area contributed by atoms with Crippen molar-refractivity contribution in [3.8, 4) is 11.1 Å². The van der Waals surface area contributed by atoms with E-state index < -0.39 is 0 Å². The van der Waals surface area contributed by atoms with Gasteiger partial charge in [-0.3, -0.25) is 9.10 Å². The molecule has 0 aliphatic heterocycles. The highest BCUT2D eigenvalue weighted by molar-refractivity contribution is 7.97. The standard InChI is InChI=1S/C21H23FN4OS.CH4O/c1-14-20(15-5-4-6-18(11-15)28-25(2)3)21-19(8-7-17(13-27)24-21)26(14)12-16(22)9-10-23;1-2/h4-9,11,13H,10,12,23H2,1-3H3;2H,1H3/b16-9-;. The first-order valence-electron chi connectivity index (χ1n) is 9.34. The number of halogens is 1. The van der Waals surface area contributed by atoms with E-state index in [9.17, 15) is 9.18 Å². The van der Waals surface area contributed by atoms with Gasteiger partial charge in [0.05, 0.1) is 17.6 Å². The lowest BCUT2D eigenvalue weighted by molar-refractivity contribution is 0.111. The second kappa shape index (κ2) is 11.0. The van der Waals surface area contributed by atoms with Crippen molar-refractivity contribution in [1.29, 1.82) is 0 Å². The number of hydrogen-bond acceptors (Lipinski definition) is 6. The van der Waals surface area contributed by atoms with Crippen LogP contribution in [0.1, 0.15) is 16.2 Å². The number of rotatable bonds is 7. The molecule has 1 aromatic carbocycles. The zero-order chi connectivity index (χ0) is 22.3. The lowest BCUT2D eigenvalue weighted by Gasteiger charge is -2.10. The first-order valence-corrected chi connectivity index (χ1v) is 10.1. The van der Waals surface area contributed by atoms with E-state index in [1.807, 2.05) is 54.2 Å². The number of allylic oxidation sites excluding steroid dienone is 1. The second-order valence-electron chi connectivity index (χ2n) is 6.59. The van der Waals surface area contributed by atoms with Crippen LogP contribution in [0.25, 0.3) is 22.2 Å². The number of pyridine rings is 1. The summed E-state index contributed by atoms with van der Waals surface area (Å²) < 4.78 is 18.1. The van der Waals surface area contributed by atoms with Crippen molar-refractivity contribution in [1.82, 2.24) is 13.9 Å². The second-order valence-corrected chi connectivity index (χ2v) is 7.97. The quantitative estimate of drug-likeness (QED) is 0.438. The average molecular weight is 431 g/mol. The molecular formula is C22H27FN4O2S. The van der Waals surface area contributed by atoms with Crippen LogP contribution in [-0.2, 0) is 6.54 Å². The summed E-state index contributed by atoms with van der Waals surface area (Å²) in [4.78, 5) is 16.9. The highest BCUT2D eigenvalue weighted by Crippen LogP contribution is 2.36. The summed E-state index contributed by atoms with van der Waals surface area (Å²) in [5.74, 6) is -0.301. The van der Waals surface area contributed by atoms with Crippen LogP contribution >= 0.6 is 11.9 Å². The van der Waals surface area contributed by atoms with Crippen molar-refractivity contribution in [2.24, 2.45) is 5.73 Å². The fourth-order valence-electron chi connectivity index (χ4n) is 3.23. The van der Waals surface area contributed by atoms with Crippen LogP contribution in [0.2, 0.25) is 0 Å². The van der Waals surface area contributed by atoms with E-state index in [1.54, 1.807) is 18.0 Å². The number of aliphatic hydroxyl groups excluding tert-OH is 1. The summed E-state index contributed by atoms with van der Waals surface area (Å²) in [6.45, 7) is 2.17. The van der Waals surface area contributed by atoms with E-state index in [1.165, 1.54) is 6.08 Å². The molecule has 160 valence electrons. The number of carbonyl (C=O) groups is 1. The normalized spacial score (nSPS) is 11.5. The fourth-order valence-corrected chi connectivity index (χ4v) is 3.97. The molecule has 0 atom stereocenters. The summed E-state index contributed by atoms with van der Waals surface area (Å²) in [7, 11) is 4.97. The monoisotopic (exact) mass is 430 g/mol. The van der Waals surface area contributed by atoms with E-state index in [4.69, 9.17) is 10.8 Å². The van der Waals surface area contributed by atoms with Gasteiger partial charge in [-0.25, -0.2) is 9.37 Å². The summed E-state index contributed by atoms with van der Waals surface area (Å²) >= 11 is 1.62. The molecule has 0 radical (unpaired) electrons. The number of aromatic nitrogens is 2. The van der Waals surface area contributed by atoms with Gasteiger partial charge in [0.2, 0.25) is 0 Å². The molecule has 6 nitrogen and oxygen atoms in total. The van der Waals surface area contributed by atoms with Crippen molar-refractivity contribution < 1.29 is 14.3 Å². The predicted octanol–water partition coefficient (Wildman–Crippen LogP) is 3.81. The molecule has 3 aromatic rings. The van der Waals surface area contributed by atoms with E-state index in [2.05, 4.69) is 11.1 Å². The molecule has 3 rings (SSSR count). The molecule has 2 aromatic heterocycles. The third-order valence-corrected chi connectivity index (χ3v) is 5.20. The summed E-state index contributed by atoms with van der Waals surface area (Å²) in [6.07, 6.45) is 2.09. The van der Waals surface area contributed by atoms with Crippen molar-refractivity contribution in [2.45, 2.75) is 18.4 Å². The zero-order valence-electron chi connectivity index (χ0n) is 17.6. The molecule has 0 saturated carbocycles. The maximum Gasteiger partial charge on any atom is 0.168 e. The van der Waals surface area contributed by atoms with Crippen molar-refractivity contribution in [3.63, 3.8) is 0 Å². The maximum atomic E-state index is 14.2. The van der Waals surface area contributed by atoms with E-state index in [0.717, 1.165) is 40.6 Å². The Labute approximate surface area is 180 Å². The highest BCUT2D eigenvalue weighted by Gasteiger charge is 2.18. The van der Waals surface area contributed by atoms with Crippen molar-refractivity contribution in [3.05, 3.63) is 59.7 Å². The van der Waals surface area contributed by atoms with Gasteiger partial charge in [-0.2, -0.15) is 0 Å². The smallest absolute Gasteiger partial charge is 0.168 e. The minimum Gasteiger partial charge on any atom is -0.400 e. The van der Waals surface area contributed by atoms with Crippen LogP contribution in [-0.4, -0.2) is 53.0 Å². The van der Waals surface area contributed by atoms with Gasteiger partial charge in [0, 0.05) is 29.8 Å². The van der Waals surface area contributed by atoms with Crippen molar-refractivity contribution >= 4 is 29.3 Å². The summed E-state index contributed by atoms with van der Waals surface area (Å²) in [5.41, 5.74) is 10.0. The van der Waals surface area contributed by atoms with Crippen LogP contribution in [0.3, 0.4) is 0 Å². The Morgan fingerprint density at radius 3 is 2.67 bits per heavy atom. The Morgan fingerprint density at radius 2 is 2.03 bits per heavy atom. The lowest BCUT2D eigenvalue weighted by Crippen LogP contribution is -2.03. The van der Waals surface area contributed by atoms with Gasteiger partial charge in [-0.15, -0.1) is 0 Å². The van der Waals surface area contributed by atoms with E-state index >= 15 is 0 Å². The van der Waals surface area contributed by atoms with Crippen LogP contribution in [0, 0.1) is 6.92 Å². The Kier molecular flexibility index (Phi) is 8.73. The molecule has 0 fully saturated rings. The molecule has 3 N–H and O–H groups in total. The van der Waals surface area contributed by atoms with Gasteiger partial charge >= 0.3 is 0 Å².